The van der Waals surface area contributed by atoms with Crippen molar-refractivity contribution in [1.82, 2.24) is 14.5 Å². The molecule has 0 fully saturated rings. The van der Waals surface area contributed by atoms with E-state index in [9.17, 15) is 0 Å². The molecule has 0 amide bonds. The summed E-state index contributed by atoms with van der Waals surface area (Å²) < 4.78 is 6.27. The Bertz CT molecular complexity index is 1680. The highest BCUT2D eigenvalue weighted by atomic mass is 33.1. The van der Waals surface area contributed by atoms with Gasteiger partial charge < -0.3 is 4.57 Å². The molecule has 0 unspecified atom stereocenters. The molecular weight excluding hydrogens is 581 g/mol. The Morgan fingerprint density at radius 3 is 2.32 bits per heavy atom. The van der Waals surface area contributed by atoms with E-state index in [-0.39, 0.29) is 0 Å². The zero-order valence-electron chi connectivity index (χ0n) is 24.5. The molecule has 0 saturated carbocycles. The van der Waals surface area contributed by atoms with Gasteiger partial charge in [-0.3, -0.25) is 4.99 Å². The smallest absolute Gasteiger partial charge is 0.246 e. The van der Waals surface area contributed by atoms with E-state index in [4.69, 9.17) is 0 Å². The van der Waals surface area contributed by atoms with E-state index >= 15 is 0 Å². The van der Waals surface area contributed by atoms with E-state index in [1.807, 2.05) is 80.3 Å². The predicted octanol–water partition coefficient (Wildman–Crippen LogP) is 7.21. The molecule has 3 aromatic heterocycles. The Morgan fingerprint density at radius 1 is 0.886 bits per heavy atom. The number of nitrogens with zero attached hydrogens (tertiary/aromatic N) is 5. The molecule has 220 valence electrons. The van der Waals surface area contributed by atoms with Gasteiger partial charge in [-0.15, -0.1) is 0 Å². The minimum atomic E-state index is 0.793. The number of aryl methyl sites for hydroxylation is 1. The second-order valence-electron chi connectivity index (χ2n) is 9.78. The van der Waals surface area contributed by atoms with Gasteiger partial charge in [0.25, 0.3) is 0 Å². The molecule has 0 atom stereocenters. The van der Waals surface area contributed by atoms with Gasteiger partial charge >= 0.3 is 0 Å². The Balaban J connectivity index is 0.959. The third-order valence-electron chi connectivity index (χ3n) is 6.71. The fourth-order valence-corrected chi connectivity index (χ4v) is 6.10. The Morgan fingerprint density at radius 2 is 1.61 bits per heavy atom. The van der Waals surface area contributed by atoms with Crippen molar-refractivity contribution >= 4 is 46.0 Å². The van der Waals surface area contributed by atoms with Gasteiger partial charge in [0.1, 0.15) is 18.1 Å². The number of nitrogens with one attached hydrogen (secondary N) is 1. The molecule has 6 nitrogen and oxygen atoms in total. The second kappa shape index (κ2) is 16.8. The molecule has 1 N–H and O–H groups in total. The normalized spacial score (nSPS) is 12.1. The highest BCUT2D eigenvalue weighted by Crippen LogP contribution is 2.20. The summed E-state index contributed by atoms with van der Waals surface area (Å²) in [5, 5.41) is 0. The molecule has 44 heavy (non-hydrogen) atoms. The van der Waals surface area contributed by atoms with Gasteiger partial charge in [-0.05, 0) is 52.6 Å². The van der Waals surface area contributed by atoms with E-state index in [2.05, 4.69) is 123 Å². The van der Waals surface area contributed by atoms with Crippen molar-refractivity contribution in [3.05, 3.63) is 158 Å². The zero-order valence-corrected chi connectivity index (χ0v) is 26.2. The maximum Gasteiger partial charge on any atom is 0.246 e. The van der Waals surface area contributed by atoms with Crippen molar-refractivity contribution in [2.45, 2.75) is 6.54 Å². The van der Waals surface area contributed by atoms with Crippen molar-refractivity contribution in [2.24, 2.45) is 4.99 Å². The third kappa shape index (κ3) is 9.69. The van der Waals surface area contributed by atoms with Crippen molar-refractivity contribution in [2.75, 3.05) is 18.1 Å². The van der Waals surface area contributed by atoms with Crippen molar-refractivity contribution < 1.29 is 9.13 Å². The standard InChI is InChI=1S/C36H35N6S2/c1-2-31(3-4-32-7-11-35(12-8-32)41-24-19-38-29-41)15-18-37-21-27-43-44-28-26-40-22-16-34(17-23-40)6-5-33-9-13-36(14-10-33)42-25-20-39-30-42/h2-20,22-25,29-30H,1,21,26-28H2/q+1/p+1/b4-3+,31-15+,37-18?. The lowest BCUT2D eigenvalue weighted by molar-refractivity contribution is -0.692. The Labute approximate surface area is 267 Å². The van der Waals surface area contributed by atoms with E-state index in [1.54, 1.807) is 6.20 Å². The molecule has 2 aromatic carbocycles. The first kappa shape index (κ1) is 30.8. The summed E-state index contributed by atoms with van der Waals surface area (Å²) in [7, 11) is 3.76. The molecular formula is C36H36N6S2+2. The molecule has 5 rings (SSSR count). The topological polar surface area (TPSA) is 53.7 Å². The molecule has 0 aliphatic heterocycles. The monoisotopic (exact) mass is 616 g/mol. The highest BCUT2D eigenvalue weighted by molar-refractivity contribution is 8.76. The fraction of sp³-hybridized carbons (Fsp3) is 0.111. The highest BCUT2D eigenvalue weighted by Gasteiger charge is 2.02. The summed E-state index contributed by atoms with van der Waals surface area (Å²) in [4.78, 5) is 11.7. The molecule has 0 radical (unpaired) electrons. The van der Waals surface area contributed by atoms with Crippen LogP contribution in [0.15, 0.2) is 146 Å². The van der Waals surface area contributed by atoms with Crippen LogP contribution in [-0.2, 0) is 6.54 Å². The number of hydrogen-bond donors (Lipinski definition) is 1. The lowest BCUT2D eigenvalue weighted by Crippen LogP contribution is -2.33. The molecule has 0 saturated heterocycles. The van der Waals surface area contributed by atoms with Crippen LogP contribution in [0, 0.1) is 0 Å². The minimum Gasteiger partial charge on any atom is -0.306 e. The number of imidazole rings is 2. The van der Waals surface area contributed by atoms with Crippen LogP contribution in [0.3, 0.4) is 0 Å². The lowest BCUT2D eigenvalue weighted by Gasteiger charge is -2.02. The van der Waals surface area contributed by atoms with Crippen LogP contribution in [0.4, 0.5) is 0 Å². The largest absolute Gasteiger partial charge is 0.306 e. The third-order valence-corrected chi connectivity index (χ3v) is 9.08. The number of pyridine rings is 1. The van der Waals surface area contributed by atoms with Gasteiger partial charge in [0.2, 0.25) is 6.33 Å². The van der Waals surface area contributed by atoms with Crippen LogP contribution in [-0.4, -0.2) is 38.8 Å². The van der Waals surface area contributed by atoms with E-state index in [1.165, 1.54) is 11.1 Å². The van der Waals surface area contributed by atoms with Crippen LogP contribution >= 0.6 is 21.6 Å². The second-order valence-corrected chi connectivity index (χ2v) is 12.5. The van der Waals surface area contributed by atoms with E-state index < -0.39 is 0 Å². The summed E-state index contributed by atoms with van der Waals surface area (Å²) in [5.74, 6) is 2.03. The minimum absolute atomic E-state index is 0.793. The number of H-pyrrole nitrogens is 1. The van der Waals surface area contributed by atoms with Crippen LogP contribution in [0.25, 0.3) is 29.6 Å². The first-order chi connectivity index (χ1) is 21.8. The summed E-state index contributed by atoms with van der Waals surface area (Å²) >= 11 is 0. The average molecular weight is 617 g/mol. The molecule has 0 aliphatic carbocycles. The predicted molar refractivity (Wildman–Crippen MR) is 187 cm³/mol. The Hall–Kier alpha value is -4.66. The maximum atomic E-state index is 4.54. The molecule has 5 aromatic rings. The number of aromatic nitrogens is 5. The van der Waals surface area contributed by atoms with Crippen LogP contribution < -0.4 is 9.13 Å². The maximum absolute atomic E-state index is 4.54. The zero-order chi connectivity index (χ0) is 30.2. The number of rotatable bonds is 15. The van der Waals surface area contributed by atoms with Crippen LogP contribution in [0.2, 0.25) is 0 Å². The first-order valence-corrected chi connectivity index (χ1v) is 16.9. The van der Waals surface area contributed by atoms with E-state index in [0.717, 1.165) is 47.1 Å². The number of benzene rings is 2. The SMILES string of the molecule is C=CC(/C=C/c1ccc(-[n+]2cc[nH]c2)cc1)=C\C=NCCSSCC[n+]1ccc(/C=C/c2ccc(-n3ccnc3)cc2)cc1. The molecule has 0 bridgehead atoms. The molecule has 0 aliphatic rings. The molecule has 8 heteroatoms. The lowest BCUT2D eigenvalue weighted by atomic mass is 10.1. The van der Waals surface area contributed by atoms with Gasteiger partial charge in [-0.2, -0.15) is 0 Å². The van der Waals surface area contributed by atoms with Crippen molar-refractivity contribution in [1.29, 1.82) is 0 Å². The quantitative estimate of drug-likeness (QED) is 0.0445. The van der Waals surface area contributed by atoms with Crippen LogP contribution in [0.1, 0.15) is 16.7 Å². The van der Waals surface area contributed by atoms with Crippen molar-refractivity contribution in [3.8, 4) is 11.4 Å². The summed E-state index contributed by atoms with van der Waals surface area (Å²) in [6.07, 6.45) is 29.8. The van der Waals surface area contributed by atoms with Gasteiger partial charge in [-0.25, -0.2) is 19.1 Å². The first-order valence-electron chi connectivity index (χ1n) is 14.4. The number of aliphatic imine (C=N–C) groups is 1. The van der Waals surface area contributed by atoms with Gasteiger partial charge in [0, 0.05) is 48.7 Å². The number of allylic oxidation sites excluding steroid dienone is 4. The van der Waals surface area contributed by atoms with Crippen LogP contribution in [0.5, 0.6) is 0 Å². The fourth-order valence-electron chi connectivity index (χ4n) is 4.25. The Kier molecular flexibility index (Phi) is 11.8. The summed E-state index contributed by atoms with van der Waals surface area (Å²) in [5.41, 5.74) is 6.74. The molecule has 3 heterocycles. The summed E-state index contributed by atoms with van der Waals surface area (Å²) in [6, 6.07) is 21.2. The van der Waals surface area contributed by atoms with Crippen molar-refractivity contribution in [3.63, 3.8) is 0 Å². The summed E-state index contributed by atoms with van der Waals surface area (Å²) in [6.45, 7) is 5.70. The number of hydrogen-bond acceptors (Lipinski definition) is 4. The van der Waals surface area contributed by atoms with Gasteiger partial charge in [0.05, 0.1) is 12.1 Å². The average Bonchev–Trinajstić information content (AvgIpc) is 3.81. The van der Waals surface area contributed by atoms with E-state index in [0.29, 0.717) is 0 Å². The number of aromatic amines is 1. The van der Waals surface area contributed by atoms with Gasteiger partial charge in [-0.1, -0.05) is 82.8 Å². The van der Waals surface area contributed by atoms with Gasteiger partial charge in [0.15, 0.2) is 18.9 Å². The molecule has 0 spiro atoms.